The largest absolute Gasteiger partial charge is 0.478 e. The molecule has 1 aromatic heterocycles. The van der Waals surface area contributed by atoms with Crippen molar-refractivity contribution >= 4 is 17.5 Å². The molecule has 0 amide bonds. The first-order valence-electron chi connectivity index (χ1n) is 9.05. The fraction of sp³-hybridized carbons (Fsp3) is 0.182. The summed E-state index contributed by atoms with van der Waals surface area (Å²) in [6, 6.07) is 12.9. The summed E-state index contributed by atoms with van der Waals surface area (Å²) in [6.07, 6.45) is 4.81. The molecule has 1 saturated carbocycles. The van der Waals surface area contributed by atoms with Gasteiger partial charge in [-0.1, -0.05) is 24.3 Å². The highest BCUT2D eigenvalue weighted by atomic mass is 19.1. The lowest BCUT2D eigenvalue weighted by atomic mass is 10.00. The van der Waals surface area contributed by atoms with Gasteiger partial charge in [0, 0.05) is 6.20 Å². The van der Waals surface area contributed by atoms with Gasteiger partial charge in [0.15, 0.2) is 0 Å². The van der Waals surface area contributed by atoms with Crippen LogP contribution in [0.25, 0.3) is 11.1 Å². The molecule has 2 N–H and O–H groups in total. The van der Waals surface area contributed by atoms with Crippen molar-refractivity contribution in [3.63, 3.8) is 0 Å². The van der Waals surface area contributed by atoms with Crippen molar-refractivity contribution in [3.05, 3.63) is 77.5 Å². The average Bonchev–Trinajstić information content (AvgIpc) is 3.49. The van der Waals surface area contributed by atoms with E-state index in [2.05, 4.69) is 10.3 Å². The number of hydrogen-bond acceptors (Lipinski definition) is 3. The van der Waals surface area contributed by atoms with Crippen LogP contribution in [0.1, 0.15) is 28.8 Å². The van der Waals surface area contributed by atoms with Crippen LogP contribution in [-0.2, 0) is 6.42 Å². The summed E-state index contributed by atoms with van der Waals surface area (Å²) in [5.74, 6) is -2.27. The predicted octanol–water partition coefficient (Wildman–Crippen LogP) is 5.42. The third-order valence-corrected chi connectivity index (χ3v) is 4.81. The molecule has 1 aliphatic rings. The van der Waals surface area contributed by atoms with E-state index in [1.165, 1.54) is 43.3 Å². The van der Waals surface area contributed by atoms with Gasteiger partial charge in [0.2, 0.25) is 0 Å². The number of carbonyl (C=O) groups is 1. The standard InChI is InChI=1S/C22H18F2N2O2/c23-18-11-16(15-4-1-3-14(10-15)9-13-6-7-13)12-19(24)20(18)26-21-17(22(27)28)5-2-8-25-21/h1-5,8,10-13H,6-7,9H2,(H,25,26)(H,27,28). The molecule has 0 saturated heterocycles. The Morgan fingerprint density at radius 3 is 2.50 bits per heavy atom. The number of pyridine rings is 1. The van der Waals surface area contributed by atoms with Crippen LogP contribution in [0, 0.1) is 17.6 Å². The zero-order valence-electron chi connectivity index (χ0n) is 15.0. The lowest BCUT2D eigenvalue weighted by Crippen LogP contribution is -2.06. The third kappa shape index (κ3) is 3.86. The first kappa shape index (κ1) is 18.1. The summed E-state index contributed by atoms with van der Waals surface area (Å²) in [5, 5.41) is 11.7. The van der Waals surface area contributed by atoms with Gasteiger partial charge in [-0.3, -0.25) is 0 Å². The minimum Gasteiger partial charge on any atom is -0.478 e. The SMILES string of the molecule is O=C(O)c1cccnc1Nc1c(F)cc(-c2cccc(CC3CC3)c2)cc1F. The molecule has 2 aromatic carbocycles. The minimum atomic E-state index is -1.24. The summed E-state index contributed by atoms with van der Waals surface area (Å²) >= 11 is 0. The Balaban J connectivity index is 1.65. The van der Waals surface area contributed by atoms with Gasteiger partial charge >= 0.3 is 5.97 Å². The van der Waals surface area contributed by atoms with Crippen molar-refractivity contribution in [2.75, 3.05) is 5.32 Å². The second-order valence-corrected chi connectivity index (χ2v) is 6.99. The molecule has 0 unspecified atom stereocenters. The van der Waals surface area contributed by atoms with Gasteiger partial charge in [-0.05, 0) is 66.1 Å². The molecule has 4 rings (SSSR count). The van der Waals surface area contributed by atoms with Gasteiger partial charge in [0.05, 0.1) is 0 Å². The molecule has 6 heteroatoms. The summed E-state index contributed by atoms with van der Waals surface area (Å²) < 4.78 is 29.3. The number of aromatic carboxylic acids is 1. The van der Waals surface area contributed by atoms with E-state index in [0.717, 1.165) is 23.5 Å². The molecule has 1 aliphatic carbocycles. The van der Waals surface area contributed by atoms with Crippen molar-refractivity contribution < 1.29 is 18.7 Å². The van der Waals surface area contributed by atoms with E-state index in [1.54, 1.807) is 0 Å². The summed E-state index contributed by atoms with van der Waals surface area (Å²) in [7, 11) is 0. The number of rotatable bonds is 6. The van der Waals surface area contributed by atoms with Crippen LogP contribution in [0.3, 0.4) is 0 Å². The highest BCUT2D eigenvalue weighted by molar-refractivity contribution is 5.94. The van der Waals surface area contributed by atoms with E-state index >= 15 is 0 Å². The zero-order chi connectivity index (χ0) is 19.7. The molecule has 1 heterocycles. The number of nitrogens with one attached hydrogen (secondary N) is 1. The van der Waals surface area contributed by atoms with Crippen LogP contribution < -0.4 is 5.32 Å². The maximum absolute atomic E-state index is 14.7. The normalized spacial score (nSPS) is 13.4. The Kier molecular flexibility index (Phi) is 4.77. The third-order valence-electron chi connectivity index (χ3n) is 4.81. The quantitative estimate of drug-likeness (QED) is 0.599. The number of carboxylic acids is 1. The average molecular weight is 380 g/mol. The molecular weight excluding hydrogens is 362 g/mol. The Bertz CT molecular complexity index is 1030. The van der Waals surface area contributed by atoms with E-state index in [0.29, 0.717) is 5.56 Å². The van der Waals surface area contributed by atoms with Crippen LogP contribution in [-0.4, -0.2) is 16.1 Å². The molecule has 28 heavy (non-hydrogen) atoms. The Labute approximate surface area is 160 Å². The van der Waals surface area contributed by atoms with Crippen molar-refractivity contribution in [2.24, 2.45) is 5.92 Å². The number of aromatic nitrogens is 1. The van der Waals surface area contributed by atoms with Crippen molar-refractivity contribution in [1.82, 2.24) is 4.98 Å². The Hall–Kier alpha value is -3.28. The van der Waals surface area contributed by atoms with Crippen LogP contribution >= 0.6 is 0 Å². The van der Waals surface area contributed by atoms with Gasteiger partial charge in [-0.2, -0.15) is 0 Å². The van der Waals surface area contributed by atoms with Crippen LogP contribution in [0.4, 0.5) is 20.3 Å². The monoisotopic (exact) mass is 380 g/mol. The van der Waals surface area contributed by atoms with Gasteiger partial charge in [0.25, 0.3) is 0 Å². The predicted molar refractivity (Wildman–Crippen MR) is 103 cm³/mol. The van der Waals surface area contributed by atoms with E-state index in [-0.39, 0.29) is 11.4 Å². The van der Waals surface area contributed by atoms with Crippen molar-refractivity contribution in [3.8, 4) is 11.1 Å². The van der Waals surface area contributed by atoms with Crippen molar-refractivity contribution in [1.29, 1.82) is 0 Å². The number of hydrogen-bond donors (Lipinski definition) is 2. The molecule has 0 atom stereocenters. The van der Waals surface area contributed by atoms with Crippen LogP contribution in [0.2, 0.25) is 0 Å². The summed E-state index contributed by atoms with van der Waals surface area (Å²) in [6.45, 7) is 0. The number of benzene rings is 2. The molecule has 142 valence electrons. The Morgan fingerprint density at radius 1 is 1.07 bits per heavy atom. The summed E-state index contributed by atoms with van der Waals surface area (Å²) in [5.41, 5.74) is 1.73. The first-order valence-corrected chi connectivity index (χ1v) is 9.05. The van der Waals surface area contributed by atoms with Gasteiger partial charge in [-0.25, -0.2) is 18.6 Å². The topological polar surface area (TPSA) is 62.2 Å². The second-order valence-electron chi connectivity index (χ2n) is 6.99. The van der Waals surface area contributed by atoms with Gasteiger partial charge in [0.1, 0.15) is 28.7 Å². The van der Waals surface area contributed by atoms with E-state index in [1.807, 2.05) is 24.3 Å². The molecule has 0 radical (unpaired) electrons. The minimum absolute atomic E-state index is 0.119. The van der Waals surface area contributed by atoms with Gasteiger partial charge in [-0.15, -0.1) is 0 Å². The Morgan fingerprint density at radius 2 is 1.82 bits per heavy atom. The molecular formula is C22H18F2N2O2. The lowest BCUT2D eigenvalue weighted by molar-refractivity contribution is 0.0697. The molecule has 1 fully saturated rings. The fourth-order valence-electron chi connectivity index (χ4n) is 3.19. The zero-order valence-corrected chi connectivity index (χ0v) is 15.0. The van der Waals surface area contributed by atoms with E-state index < -0.39 is 23.3 Å². The van der Waals surface area contributed by atoms with Crippen LogP contribution in [0.15, 0.2) is 54.7 Å². The van der Waals surface area contributed by atoms with Gasteiger partial charge < -0.3 is 10.4 Å². The number of carboxylic acid groups (broad SMARTS) is 1. The molecule has 3 aromatic rings. The number of anilines is 2. The summed E-state index contributed by atoms with van der Waals surface area (Å²) in [4.78, 5) is 15.1. The number of nitrogens with zero attached hydrogens (tertiary/aromatic N) is 1. The molecule has 4 nitrogen and oxygen atoms in total. The highest BCUT2D eigenvalue weighted by Gasteiger charge is 2.22. The fourth-order valence-corrected chi connectivity index (χ4v) is 3.19. The van der Waals surface area contributed by atoms with Crippen molar-refractivity contribution in [2.45, 2.75) is 19.3 Å². The molecule has 0 aliphatic heterocycles. The van der Waals surface area contributed by atoms with E-state index in [4.69, 9.17) is 0 Å². The molecule has 0 bridgehead atoms. The maximum Gasteiger partial charge on any atom is 0.339 e. The van der Waals surface area contributed by atoms with Crippen LogP contribution in [0.5, 0.6) is 0 Å². The molecule has 0 spiro atoms. The maximum atomic E-state index is 14.7. The smallest absolute Gasteiger partial charge is 0.339 e. The first-order chi connectivity index (χ1) is 13.5. The lowest BCUT2D eigenvalue weighted by Gasteiger charge is -2.12. The number of halogens is 2. The highest BCUT2D eigenvalue weighted by Crippen LogP contribution is 2.34. The van der Waals surface area contributed by atoms with E-state index in [9.17, 15) is 18.7 Å². The second kappa shape index (κ2) is 7.38.